The molecule has 0 radical (unpaired) electrons. The summed E-state index contributed by atoms with van der Waals surface area (Å²) >= 11 is 3.59. The van der Waals surface area contributed by atoms with E-state index in [0.717, 1.165) is 65.0 Å². The Balaban J connectivity index is 1.18. The van der Waals surface area contributed by atoms with E-state index < -0.39 is 0 Å². The van der Waals surface area contributed by atoms with Gasteiger partial charge in [0.2, 0.25) is 0 Å². The van der Waals surface area contributed by atoms with Crippen LogP contribution in [0.5, 0.6) is 0 Å². The molecular formula is C57H35N3S2. The normalized spacial score (nSPS) is 11.5. The summed E-state index contributed by atoms with van der Waals surface area (Å²) in [5, 5.41) is 4.88. The van der Waals surface area contributed by atoms with Gasteiger partial charge in [0.05, 0.1) is 0 Å². The van der Waals surface area contributed by atoms with E-state index in [2.05, 4.69) is 212 Å². The molecular weight excluding hydrogens is 791 g/mol. The first-order chi connectivity index (χ1) is 30.7. The number of rotatable bonds is 7. The van der Waals surface area contributed by atoms with E-state index in [1.54, 1.807) is 22.7 Å². The van der Waals surface area contributed by atoms with Crippen LogP contribution in [0.2, 0.25) is 0 Å². The molecule has 0 aliphatic heterocycles. The predicted molar refractivity (Wildman–Crippen MR) is 264 cm³/mol. The van der Waals surface area contributed by atoms with Gasteiger partial charge >= 0.3 is 0 Å². The van der Waals surface area contributed by atoms with Crippen LogP contribution < -0.4 is 0 Å². The molecule has 0 aliphatic carbocycles. The molecule has 3 heterocycles. The molecule has 3 nitrogen and oxygen atoms in total. The molecule has 0 atom stereocenters. The van der Waals surface area contributed by atoms with Crippen LogP contribution in [-0.2, 0) is 0 Å². The molecule has 12 rings (SSSR count). The Kier molecular flexibility index (Phi) is 8.87. The molecule has 9 aromatic carbocycles. The van der Waals surface area contributed by atoms with Gasteiger partial charge in [-0.25, -0.2) is 15.0 Å². The van der Waals surface area contributed by atoms with Crippen molar-refractivity contribution in [1.82, 2.24) is 15.0 Å². The molecule has 290 valence electrons. The molecule has 0 fully saturated rings. The topological polar surface area (TPSA) is 38.7 Å². The second kappa shape index (κ2) is 15.2. The first-order valence-electron chi connectivity index (χ1n) is 20.8. The Bertz CT molecular complexity index is 3480. The summed E-state index contributed by atoms with van der Waals surface area (Å²) in [5.41, 5.74) is 11.8. The highest BCUT2D eigenvalue weighted by Crippen LogP contribution is 2.46. The van der Waals surface area contributed by atoms with E-state index in [1.165, 1.54) is 36.5 Å². The number of nitrogens with zero attached hydrogens (tertiary/aromatic N) is 3. The third-order valence-electron chi connectivity index (χ3n) is 11.8. The molecule has 62 heavy (non-hydrogen) atoms. The lowest BCUT2D eigenvalue weighted by molar-refractivity contribution is 1.08. The van der Waals surface area contributed by atoms with Crippen molar-refractivity contribution in [2.75, 3.05) is 0 Å². The van der Waals surface area contributed by atoms with Gasteiger partial charge in [0.25, 0.3) is 0 Å². The molecule has 5 heteroatoms. The number of hydrogen-bond acceptors (Lipinski definition) is 5. The van der Waals surface area contributed by atoms with Gasteiger partial charge in [-0.05, 0) is 80.9 Å². The Labute approximate surface area is 366 Å². The van der Waals surface area contributed by atoms with E-state index in [1.807, 2.05) is 0 Å². The average Bonchev–Trinajstić information content (AvgIpc) is 3.93. The molecule has 3 aromatic heterocycles. The first kappa shape index (κ1) is 36.3. The van der Waals surface area contributed by atoms with E-state index in [0.29, 0.717) is 17.5 Å². The van der Waals surface area contributed by atoms with E-state index in [4.69, 9.17) is 15.0 Å². The average molecular weight is 826 g/mol. The van der Waals surface area contributed by atoms with Crippen LogP contribution in [0.3, 0.4) is 0 Å². The van der Waals surface area contributed by atoms with Crippen molar-refractivity contribution in [2.24, 2.45) is 0 Å². The van der Waals surface area contributed by atoms with Crippen molar-refractivity contribution in [3.8, 4) is 78.7 Å². The molecule has 0 saturated heterocycles. The molecule has 0 N–H and O–H groups in total. The van der Waals surface area contributed by atoms with Gasteiger partial charge in [0, 0.05) is 57.0 Å². The van der Waals surface area contributed by atoms with Crippen LogP contribution >= 0.6 is 22.7 Å². The summed E-state index contributed by atoms with van der Waals surface area (Å²) < 4.78 is 4.81. The number of benzene rings is 9. The molecule has 0 spiro atoms. The summed E-state index contributed by atoms with van der Waals surface area (Å²) in [6, 6.07) is 75.7. The van der Waals surface area contributed by atoms with Crippen molar-refractivity contribution in [3.63, 3.8) is 0 Å². The van der Waals surface area contributed by atoms with Crippen LogP contribution in [0.25, 0.3) is 119 Å². The standard InChI is InChI=1S/C57H35N3S2/c1-4-16-36(17-5-1)38-30-32-40(33-31-38)49-35-41(37-18-6-2-7-19-37)34-48(39-20-8-3-9-21-39)52(49)57-59-55(46-26-14-24-44-42-22-10-12-28-50(42)61-53(44)46)58-56(60-57)47-27-15-25-45-43-23-11-13-29-51(43)62-54(45)47/h1-35H. The minimum atomic E-state index is 0.627. The first-order valence-corrected chi connectivity index (χ1v) is 22.4. The maximum atomic E-state index is 5.57. The molecule has 12 aromatic rings. The zero-order valence-electron chi connectivity index (χ0n) is 33.4. The van der Waals surface area contributed by atoms with Crippen molar-refractivity contribution in [3.05, 3.63) is 212 Å². The Morgan fingerprint density at radius 3 is 1.15 bits per heavy atom. The quantitative estimate of drug-likeness (QED) is 0.161. The molecule has 0 bridgehead atoms. The second-order valence-electron chi connectivity index (χ2n) is 15.5. The van der Waals surface area contributed by atoms with Crippen LogP contribution in [-0.4, -0.2) is 15.0 Å². The van der Waals surface area contributed by atoms with E-state index in [-0.39, 0.29) is 0 Å². The summed E-state index contributed by atoms with van der Waals surface area (Å²) in [7, 11) is 0. The monoisotopic (exact) mass is 825 g/mol. The molecule has 0 saturated carbocycles. The highest BCUT2D eigenvalue weighted by atomic mass is 32.1. The zero-order chi connectivity index (χ0) is 41.0. The minimum absolute atomic E-state index is 0.627. The van der Waals surface area contributed by atoms with Crippen LogP contribution in [0.1, 0.15) is 0 Å². The van der Waals surface area contributed by atoms with E-state index in [9.17, 15) is 0 Å². The summed E-state index contributed by atoms with van der Waals surface area (Å²) in [5.74, 6) is 1.93. The molecule has 0 unspecified atom stereocenters. The Hall–Kier alpha value is -7.57. The second-order valence-corrected chi connectivity index (χ2v) is 17.6. The van der Waals surface area contributed by atoms with Gasteiger partial charge in [-0.15, -0.1) is 22.7 Å². The SMILES string of the molecule is c1ccc(-c2ccc(-c3cc(-c4ccccc4)cc(-c4ccccc4)c3-c3nc(-c4cccc5c4sc4ccccc45)nc(-c4cccc5c4sc4ccccc45)n3)cc2)cc1. The molecule has 0 aliphatic rings. The largest absolute Gasteiger partial charge is 0.208 e. The van der Waals surface area contributed by atoms with Crippen LogP contribution in [0.4, 0.5) is 0 Å². The fourth-order valence-corrected chi connectivity index (χ4v) is 11.2. The van der Waals surface area contributed by atoms with Crippen LogP contribution in [0, 0.1) is 0 Å². The highest BCUT2D eigenvalue weighted by molar-refractivity contribution is 7.26. The molecule has 0 amide bonds. The van der Waals surface area contributed by atoms with Gasteiger partial charge in [-0.1, -0.05) is 176 Å². The smallest absolute Gasteiger partial charge is 0.165 e. The maximum Gasteiger partial charge on any atom is 0.165 e. The van der Waals surface area contributed by atoms with Gasteiger partial charge in [-0.2, -0.15) is 0 Å². The van der Waals surface area contributed by atoms with Gasteiger partial charge in [-0.3, -0.25) is 0 Å². The summed E-state index contributed by atoms with van der Waals surface area (Å²) in [6.07, 6.45) is 0. The number of fused-ring (bicyclic) bond motifs is 6. The third kappa shape index (κ3) is 6.29. The van der Waals surface area contributed by atoms with E-state index >= 15 is 0 Å². The summed E-state index contributed by atoms with van der Waals surface area (Å²) in [4.78, 5) is 16.6. The number of thiophene rings is 2. The minimum Gasteiger partial charge on any atom is -0.208 e. The van der Waals surface area contributed by atoms with Gasteiger partial charge < -0.3 is 0 Å². The Morgan fingerprint density at radius 2 is 0.629 bits per heavy atom. The van der Waals surface area contributed by atoms with Crippen LogP contribution in [0.15, 0.2) is 212 Å². The maximum absolute atomic E-state index is 5.57. The Morgan fingerprint density at radius 1 is 0.258 bits per heavy atom. The van der Waals surface area contributed by atoms with Crippen molar-refractivity contribution >= 4 is 63.0 Å². The third-order valence-corrected chi connectivity index (χ3v) is 14.2. The predicted octanol–water partition coefficient (Wildman–Crippen LogP) is 16.3. The summed E-state index contributed by atoms with van der Waals surface area (Å²) in [6.45, 7) is 0. The van der Waals surface area contributed by atoms with Gasteiger partial charge in [0.1, 0.15) is 0 Å². The van der Waals surface area contributed by atoms with Gasteiger partial charge in [0.15, 0.2) is 17.5 Å². The fourth-order valence-electron chi connectivity index (χ4n) is 8.80. The highest BCUT2D eigenvalue weighted by Gasteiger charge is 2.24. The van der Waals surface area contributed by atoms with Crippen molar-refractivity contribution in [1.29, 1.82) is 0 Å². The zero-order valence-corrected chi connectivity index (χ0v) is 35.0. The number of hydrogen-bond donors (Lipinski definition) is 0. The lowest BCUT2D eigenvalue weighted by Gasteiger charge is -2.19. The van der Waals surface area contributed by atoms with Crippen molar-refractivity contribution in [2.45, 2.75) is 0 Å². The fraction of sp³-hybridized carbons (Fsp3) is 0. The lowest BCUT2D eigenvalue weighted by Crippen LogP contribution is -2.03. The van der Waals surface area contributed by atoms with Crippen molar-refractivity contribution < 1.29 is 0 Å². The lowest BCUT2D eigenvalue weighted by atomic mass is 9.87. The number of aromatic nitrogens is 3.